The number of nitrogens with one attached hydrogen (secondary N) is 2. The normalized spacial score (nSPS) is 12.4. The second kappa shape index (κ2) is 8.73. The van der Waals surface area contributed by atoms with Gasteiger partial charge in [0.1, 0.15) is 17.6 Å². The second-order valence-corrected chi connectivity index (χ2v) is 6.24. The van der Waals surface area contributed by atoms with Crippen LogP contribution in [0, 0.1) is 11.7 Å². The van der Waals surface area contributed by atoms with Gasteiger partial charge in [0.25, 0.3) is 5.91 Å². The predicted molar refractivity (Wildman–Crippen MR) is 94.2 cm³/mol. The number of ether oxygens (including phenoxy) is 1. The fourth-order valence-electron chi connectivity index (χ4n) is 2.36. The standard InChI is InChI=1S/C19H18F4N2O3/c1-11(2)16(25-17(26)14-5-3-4-6-15(14)20)18(27)24-12-7-9-13(10-8-12)28-19(21,22)23/h3-11,16H,1-2H3,(H,24,27)(H,25,26)/t16-/m1/s1. The van der Waals surface area contributed by atoms with Gasteiger partial charge in [-0.1, -0.05) is 26.0 Å². The number of anilines is 1. The molecule has 0 bridgehead atoms. The molecule has 0 saturated heterocycles. The molecule has 0 aromatic heterocycles. The minimum atomic E-state index is -4.81. The van der Waals surface area contributed by atoms with E-state index in [0.29, 0.717) is 0 Å². The van der Waals surface area contributed by atoms with E-state index in [9.17, 15) is 27.2 Å². The third-order valence-corrected chi connectivity index (χ3v) is 3.71. The molecule has 0 heterocycles. The number of carbonyl (C=O) groups is 2. The zero-order chi connectivity index (χ0) is 20.9. The van der Waals surface area contributed by atoms with Crippen LogP contribution in [0.5, 0.6) is 5.75 Å². The number of hydrogen-bond acceptors (Lipinski definition) is 3. The molecule has 5 nitrogen and oxygen atoms in total. The largest absolute Gasteiger partial charge is 0.573 e. The van der Waals surface area contributed by atoms with Gasteiger partial charge in [0.15, 0.2) is 0 Å². The van der Waals surface area contributed by atoms with Crippen molar-refractivity contribution in [2.24, 2.45) is 5.92 Å². The molecule has 0 radical (unpaired) electrons. The topological polar surface area (TPSA) is 67.4 Å². The number of amides is 2. The van der Waals surface area contributed by atoms with Gasteiger partial charge >= 0.3 is 6.36 Å². The van der Waals surface area contributed by atoms with Gasteiger partial charge in [-0.3, -0.25) is 9.59 Å². The van der Waals surface area contributed by atoms with Crippen LogP contribution in [0.2, 0.25) is 0 Å². The Hall–Kier alpha value is -3.10. The van der Waals surface area contributed by atoms with Crippen molar-refractivity contribution < 1.29 is 31.9 Å². The smallest absolute Gasteiger partial charge is 0.406 e. The Balaban J connectivity index is 2.07. The number of benzene rings is 2. The van der Waals surface area contributed by atoms with E-state index < -0.39 is 35.8 Å². The van der Waals surface area contributed by atoms with Gasteiger partial charge in [-0.15, -0.1) is 13.2 Å². The number of carbonyl (C=O) groups excluding carboxylic acids is 2. The Morgan fingerprint density at radius 2 is 1.61 bits per heavy atom. The molecule has 2 amide bonds. The number of halogens is 4. The molecule has 0 aliphatic rings. The Labute approximate surface area is 158 Å². The minimum Gasteiger partial charge on any atom is -0.406 e. The number of alkyl halides is 3. The lowest BCUT2D eigenvalue weighted by molar-refractivity contribution is -0.274. The van der Waals surface area contributed by atoms with Crippen LogP contribution in [0.4, 0.5) is 23.2 Å². The minimum absolute atomic E-state index is 0.199. The third-order valence-electron chi connectivity index (χ3n) is 3.71. The highest BCUT2D eigenvalue weighted by Crippen LogP contribution is 2.24. The summed E-state index contributed by atoms with van der Waals surface area (Å²) in [4.78, 5) is 24.7. The van der Waals surface area contributed by atoms with Crippen molar-refractivity contribution in [1.29, 1.82) is 0 Å². The molecular formula is C19H18F4N2O3. The van der Waals surface area contributed by atoms with E-state index in [4.69, 9.17) is 0 Å². The van der Waals surface area contributed by atoms with E-state index in [1.807, 2.05) is 0 Å². The van der Waals surface area contributed by atoms with Gasteiger partial charge in [-0.05, 0) is 42.3 Å². The molecule has 0 aliphatic heterocycles. The molecule has 28 heavy (non-hydrogen) atoms. The summed E-state index contributed by atoms with van der Waals surface area (Å²) in [5, 5.41) is 4.97. The fraction of sp³-hybridized carbons (Fsp3) is 0.263. The highest BCUT2D eigenvalue weighted by Gasteiger charge is 2.31. The van der Waals surface area contributed by atoms with Crippen LogP contribution in [0.3, 0.4) is 0 Å². The van der Waals surface area contributed by atoms with Gasteiger partial charge < -0.3 is 15.4 Å². The Morgan fingerprint density at radius 1 is 1.00 bits per heavy atom. The lowest BCUT2D eigenvalue weighted by Crippen LogP contribution is -2.47. The van der Waals surface area contributed by atoms with Crippen LogP contribution in [0.25, 0.3) is 0 Å². The average molecular weight is 398 g/mol. The van der Waals surface area contributed by atoms with Crippen LogP contribution in [0.1, 0.15) is 24.2 Å². The molecule has 0 saturated carbocycles. The Bertz CT molecular complexity index is 836. The molecule has 0 fully saturated rings. The first-order chi connectivity index (χ1) is 13.1. The van der Waals surface area contributed by atoms with E-state index in [2.05, 4.69) is 15.4 Å². The van der Waals surface area contributed by atoms with E-state index >= 15 is 0 Å². The zero-order valence-electron chi connectivity index (χ0n) is 15.0. The molecule has 0 spiro atoms. The molecule has 0 unspecified atom stereocenters. The summed E-state index contributed by atoms with van der Waals surface area (Å²) >= 11 is 0. The molecule has 2 aromatic carbocycles. The fourth-order valence-corrected chi connectivity index (χ4v) is 2.36. The summed E-state index contributed by atoms with van der Waals surface area (Å²) in [5.74, 6) is -2.82. The van der Waals surface area contributed by atoms with Crippen molar-refractivity contribution in [3.05, 3.63) is 59.9 Å². The molecule has 2 aromatic rings. The predicted octanol–water partition coefficient (Wildman–Crippen LogP) is 4.12. The molecule has 2 rings (SSSR count). The van der Waals surface area contributed by atoms with Crippen LogP contribution >= 0.6 is 0 Å². The van der Waals surface area contributed by atoms with Gasteiger partial charge in [0, 0.05) is 5.69 Å². The van der Waals surface area contributed by atoms with E-state index in [-0.39, 0.29) is 17.2 Å². The maximum Gasteiger partial charge on any atom is 0.573 e. The second-order valence-electron chi connectivity index (χ2n) is 6.24. The third kappa shape index (κ3) is 5.97. The quantitative estimate of drug-likeness (QED) is 0.720. The summed E-state index contributed by atoms with van der Waals surface area (Å²) in [7, 11) is 0. The first kappa shape index (κ1) is 21.2. The molecule has 150 valence electrons. The average Bonchev–Trinajstić information content (AvgIpc) is 2.60. The van der Waals surface area contributed by atoms with Gasteiger partial charge in [-0.25, -0.2) is 4.39 Å². The SMILES string of the molecule is CC(C)[C@@H](NC(=O)c1ccccc1F)C(=O)Nc1ccc(OC(F)(F)F)cc1. The maximum atomic E-state index is 13.7. The van der Waals surface area contributed by atoms with Crippen molar-refractivity contribution in [2.75, 3.05) is 5.32 Å². The van der Waals surface area contributed by atoms with Crippen molar-refractivity contribution in [2.45, 2.75) is 26.3 Å². The van der Waals surface area contributed by atoms with Crippen molar-refractivity contribution in [3.8, 4) is 5.75 Å². The molecular weight excluding hydrogens is 380 g/mol. The zero-order valence-corrected chi connectivity index (χ0v) is 15.0. The van der Waals surface area contributed by atoms with Crippen molar-refractivity contribution in [1.82, 2.24) is 5.32 Å². The molecule has 1 atom stereocenters. The molecule has 0 aliphatic carbocycles. The highest BCUT2D eigenvalue weighted by atomic mass is 19.4. The molecule has 2 N–H and O–H groups in total. The first-order valence-electron chi connectivity index (χ1n) is 8.29. The van der Waals surface area contributed by atoms with Crippen molar-refractivity contribution in [3.63, 3.8) is 0 Å². The first-order valence-corrected chi connectivity index (χ1v) is 8.29. The number of rotatable bonds is 6. The van der Waals surface area contributed by atoms with E-state index in [1.165, 1.54) is 30.3 Å². The lowest BCUT2D eigenvalue weighted by Gasteiger charge is -2.22. The Morgan fingerprint density at radius 3 is 2.14 bits per heavy atom. The van der Waals surface area contributed by atoms with Gasteiger partial charge in [-0.2, -0.15) is 0 Å². The van der Waals surface area contributed by atoms with Crippen LogP contribution in [-0.4, -0.2) is 24.2 Å². The summed E-state index contributed by atoms with van der Waals surface area (Å²) in [6, 6.07) is 8.92. The van der Waals surface area contributed by atoms with Crippen molar-refractivity contribution >= 4 is 17.5 Å². The van der Waals surface area contributed by atoms with Crippen LogP contribution < -0.4 is 15.4 Å². The summed E-state index contributed by atoms with van der Waals surface area (Å²) in [5.41, 5.74) is 0.0138. The van der Waals surface area contributed by atoms with E-state index in [0.717, 1.165) is 18.2 Å². The summed E-state index contributed by atoms with van der Waals surface area (Å²) in [6.07, 6.45) is -4.81. The summed E-state index contributed by atoms with van der Waals surface area (Å²) in [6.45, 7) is 3.37. The number of hydrogen-bond donors (Lipinski definition) is 2. The van der Waals surface area contributed by atoms with Crippen LogP contribution in [-0.2, 0) is 4.79 Å². The summed E-state index contributed by atoms with van der Waals surface area (Å²) < 4.78 is 54.0. The Kier molecular flexibility index (Phi) is 6.61. The monoisotopic (exact) mass is 398 g/mol. The van der Waals surface area contributed by atoms with Gasteiger partial charge in [0.05, 0.1) is 5.56 Å². The van der Waals surface area contributed by atoms with E-state index in [1.54, 1.807) is 13.8 Å². The van der Waals surface area contributed by atoms with Crippen LogP contribution in [0.15, 0.2) is 48.5 Å². The molecule has 9 heteroatoms. The van der Waals surface area contributed by atoms with Gasteiger partial charge in [0.2, 0.25) is 5.91 Å². The maximum absolute atomic E-state index is 13.7. The lowest BCUT2D eigenvalue weighted by atomic mass is 10.0. The highest BCUT2D eigenvalue weighted by molar-refractivity contribution is 6.01.